The minimum atomic E-state index is 0.188. The van der Waals surface area contributed by atoms with Crippen LogP contribution >= 0.6 is 0 Å². The van der Waals surface area contributed by atoms with Gasteiger partial charge < -0.3 is 18.9 Å². The molecule has 2 aromatic heterocycles. The number of nitrogens with zero attached hydrogens (tertiary/aromatic N) is 4. The highest BCUT2D eigenvalue weighted by atomic mass is 16.5. The molecule has 3 aromatic rings. The summed E-state index contributed by atoms with van der Waals surface area (Å²) in [6.07, 6.45) is 2.03. The van der Waals surface area contributed by atoms with Crippen LogP contribution < -0.4 is 9.64 Å². The molecule has 0 spiro atoms. The van der Waals surface area contributed by atoms with Crippen LogP contribution in [0.15, 0.2) is 24.5 Å². The zero-order valence-corrected chi connectivity index (χ0v) is 14.5. The fraction of sp³-hybridized carbons (Fsp3) is 0.444. The third kappa shape index (κ3) is 2.29. The lowest BCUT2D eigenvalue weighted by Crippen LogP contribution is -2.46. The molecule has 126 valence electrons. The van der Waals surface area contributed by atoms with Crippen molar-refractivity contribution in [3.05, 3.63) is 24.5 Å². The summed E-state index contributed by atoms with van der Waals surface area (Å²) in [5.41, 5.74) is 3.15. The highest BCUT2D eigenvalue weighted by Crippen LogP contribution is 2.34. The Bertz CT molecular complexity index is 895. The Labute approximate surface area is 141 Å². The van der Waals surface area contributed by atoms with E-state index in [0.29, 0.717) is 0 Å². The first-order valence-corrected chi connectivity index (χ1v) is 8.26. The van der Waals surface area contributed by atoms with Gasteiger partial charge in [-0.1, -0.05) is 0 Å². The van der Waals surface area contributed by atoms with Crippen molar-refractivity contribution in [3.63, 3.8) is 0 Å². The highest BCUT2D eigenvalue weighted by Gasteiger charge is 2.26. The molecule has 0 N–H and O–H groups in total. The van der Waals surface area contributed by atoms with Gasteiger partial charge in [0.15, 0.2) is 5.82 Å². The molecule has 3 heterocycles. The van der Waals surface area contributed by atoms with Gasteiger partial charge in [-0.3, -0.25) is 0 Å². The second kappa shape index (κ2) is 5.63. The minimum absolute atomic E-state index is 0.188. The standard InChI is InChI=1S/C18H22N4O2/c1-11-8-22(9-12(2)24-11)18-17-16(19-10-20-18)14-7-13(23-4)5-6-15(14)21(17)3/h5-7,10-12H,8-9H2,1-4H3/t11-,12+. The zero-order valence-electron chi connectivity index (χ0n) is 14.5. The maximum atomic E-state index is 5.86. The van der Waals surface area contributed by atoms with Gasteiger partial charge in [0.25, 0.3) is 0 Å². The van der Waals surface area contributed by atoms with Crippen LogP contribution in [0.2, 0.25) is 0 Å². The topological polar surface area (TPSA) is 52.4 Å². The van der Waals surface area contributed by atoms with Gasteiger partial charge >= 0.3 is 0 Å². The summed E-state index contributed by atoms with van der Waals surface area (Å²) in [6, 6.07) is 6.09. The number of anilines is 1. The number of rotatable bonds is 2. The lowest BCUT2D eigenvalue weighted by atomic mass is 10.2. The van der Waals surface area contributed by atoms with Crippen molar-refractivity contribution in [3.8, 4) is 5.75 Å². The molecule has 6 heteroatoms. The van der Waals surface area contributed by atoms with Gasteiger partial charge in [-0.15, -0.1) is 0 Å². The molecule has 1 aliphatic heterocycles. The van der Waals surface area contributed by atoms with Crippen LogP contribution in [-0.2, 0) is 11.8 Å². The van der Waals surface area contributed by atoms with E-state index in [0.717, 1.165) is 46.6 Å². The van der Waals surface area contributed by atoms with E-state index in [1.807, 2.05) is 12.1 Å². The lowest BCUT2D eigenvalue weighted by molar-refractivity contribution is -0.00538. The summed E-state index contributed by atoms with van der Waals surface area (Å²) in [5.74, 6) is 1.81. The second-order valence-corrected chi connectivity index (χ2v) is 6.50. The van der Waals surface area contributed by atoms with Crippen molar-refractivity contribution in [1.29, 1.82) is 0 Å². The third-order valence-electron chi connectivity index (χ3n) is 4.68. The van der Waals surface area contributed by atoms with E-state index >= 15 is 0 Å². The zero-order chi connectivity index (χ0) is 16.8. The molecule has 0 radical (unpaired) electrons. The van der Waals surface area contributed by atoms with Gasteiger partial charge in [0.2, 0.25) is 0 Å². The van der Waals surface area contributed by atoms with E-state index in [1.165, 1.54) is 0 Å². The first kappa shape index (κ1) is 15.2. The van der Waals surface area contributed by atoms with Crippen molar-refractivity contribution >= 4 is 27.8 Å². The molecule has 1 fully saturated rings. The van der Waals surface area contributed by atoms with Crippen LogP contribution in [0.1, 0.15) is 13.8 Å². The Morgan fingerprint density at radius 3 is 2.62 bits per heavy atom. The molecule has 24 heavy (non-hydrogen) atoms. The van der Waals surface area contributed by atoms with Gasteiger partial charge in [-0.2, -0.15) is 0 Å². The predicted molar refractivity (Wildman–Crippen MR) is 94.8 cm³/mol. The van der Waals surface area contributed by atoms with Gasteiger partial charge in [-0.05, 0) is 32.0 Å². The van der Waals surface area contributed by atoms with E-state index in [-0.39, 0.29) is 12.2 Å². The molecule has 1 saturated heterocycles. The molecular weight excluding hydrogens is 304 g/mol. The average molecular weight is 326 g/mol. The van der Waals surface area contributed by atoms with Crippen LogP contribution in [0.3, 0.4) is 0 Å². The summed E-state index contributed by atoms with van der Waals surface area (Å²) in [7, 11) is 3.75. The summed E-state index contributed by atoms with van der Waals surface area (Å²) in [6.45, 7) is 5.88. The lowest BCUT2D eigenvalue weighted by Gasteiger charge is -2.36. The Morgan fingerprint density at radius 2 is 1.92 bits per heavy atom. The molecular formula is C18H22N4O2. The molecule has 2 atom stereocenters. The largest absolute Gasteiger partial charge is 0.497 e. The number of hydrogen-bond acceptors (Lipinski definition) is 5. The van der Waals surface area contributed by atoms with Crippen molar-refractivity contribution in [2.45, 2.75) is 26.1 Å². The first-order valence-electron chi connectivity index (χ1n) is 8.26. The van der Waals surface area contributed by atoms with Crippen molar-refractivity contribution in [1.82, 2.24) is 14.5 Å². The number of morpholine rings is 1. The molecule has 4 rings (SSSR count). The summed E-state index contributed by atoms with van der Waals surface area (Å²) >= 11 is 0. The summed E-state index contributed by atoms with van der Waals surface area (Å²) in [4.78, 5) is 11.5. The predicted octanol–water partition coefficient (Wildman–Crippen LogP) is 2.74. The van der Waals surface area contributed by atoms with Gasteiger partial charge in [0.05, 0.1) is 24.8 Å². The minimum Gasteiger partial charge on any atom is -0.497 e. The van der Waals surface area contributed by atoms with Crippen LogP contribution in [-0.4, -0.2) is 46.9 Å². The maximum absolute atomic E-state index is 5.86. The van der Waals surface area contributed by atoms with Gasteiger partial charge in [-0.25, -0.2) is 9.97 Å². The van der Waals surface area contributed by atoms with Gasteiger partial charge in [0.1, 0.15) is 23.1 Å². The normalized spacial score (nSPS) is 21.6. The number of methoxy groups -OCH3 is 1. The molecule has 0 unspecified atom stereocenters. The monoisotopic (exact) mass is 326 g/mol. The van der Waals surface area contributed by atoms with Crippen LogP contribution in [0.25, 0.3) is 21.9 Å². The smallest absolute Gasteiger partial charge is 0.156 e. The van der Waals surface area contributed by atoms with E-state index in [1.54, 1.807) is 13.4 Å². The third-order valence-corrected chi connectivity index (χ3v) is 4.68. The molecule has 0 aliphatic carbocycles. The average Bonchev–Trinajstić information content (AvgIpc) is 2.86. The molecule has 0 bridgehead atoms. The Kier molecular flexibility index (Phi) is 3.57. The number of aromatic nitrogens is 3. The van der Waals surface area contributed by atoms with Crippen molar-refractivity contribution in [2.75, 3.05) is 25.1 Å². The van der Waals surface area contributed by atoms with E-state index in [9.17, 15) is 0 Å². The highest BCUT2D eigenvalue weighted by molar-refractivity contribution is 6.09. The number of benzene rings is 1. The molecule has 0 saturated carbocycles. The van der Waals surface area contributed by atoms with E-state index < -0.39 is 0 Å². The summed E-state index contributed by atoms with van der Waals surface area (Å²) < 4.78 is 13.4. The number of ether oxygens (including phenoxy) is 2. The SMILES string of the molecule is COc1ccc2c(c1)c1ncnc(N3C[C@@H](C)O[C@@H](C)C3)c1n2C. The van der Waals surface area contributed by atoms with Crippen LogP contribution in [0, 0.1) is 0 Å². The Balaban J connectivity index is 1.94. The fourth-order valence-corrected chi connectivity index (χ4v) is 3.70. The van der Waals surface area contributed by atoms with Crippen LogP contribution in [0.4, 0.5) is 5.82 Å². The molecule has 6 nitrogen and oxygen atoms in total. The Hall–Kier alpha value is -2.34. The maximum Gasteiger partial charge on any atom is 0.156 e. The Morgan fingerprint density at radius 1 is 1.17 bits per heavy atom. The van der Waals surface area contributed by atoms with E-state index in [4.69, 9.17) is 9.47 Å². The molecule has 0 amide bonds. The van der Waals surface area contributed by atoms with E-state index in [2.05, 4.69) is 46.4 Å². The number of aryl methyl sites for hydroxylation is 1. The van der Waals surface area contributed by atoms with Crippen molar-refractivity contribution < 1.29 is 9.47 Å². The first-order chi connectivity index (χ1) is 11.6. The number of hydrogen-bond donors (Lipinski definition) is 0. The quantitative estimate of drug-likeness (QED) is 0.725. The van der Waals surface area contributed by atoms with Gasteiger partial charge in [0, 0.05) is 25.5 Å². The number of fused-ring (bicyclic) bond motifs is 3. The van der Waals surface area contributed by atoms with Crippen molar-refractivity contribution in [2.24, 2.45) is 7.05 Å². The summed E-state index contributed by atoms with van der Waals surface area (Å²) in [5, 5.41) is 1.09. The molecule has 1 aromatic carbocycles. The molecule has 1 aliphatic rings. The second-order valence-electron chi connectivity index (χ2n) is 6.50. The fourth-order valence-electron chi connectivity index (χ4n) is 3.70. The van der Waals surface area contributed by atoms with Crippen LogP contribution in [0.5, 0.6) is 5.75 Å².